The van der Waals surface area contributed by atoms with E-state index in [-0.39, 0.29) is 0 Å². The highest BCUT2D eigenvalue weighted by molar-refractivity contribution is 7.99. The van der Waals surface area contributed by atoms with Crippen LogP contribution in [0.4, 0.5) is 8.78 Å². The second kappa shape index (κ2) is 4.58. The standard InChI is InChI=1S/C9H10F2OS/c1-6(12)7-3-2-4-8(5-7)13-9(10)11/h2-6,9,12H,1H3/t6-/m0/s1. The Morgan fingerprint density at radius 3 is 2.62 bits per heavy atom. The average Bonchev–Trinajstić information content (AvgIpc) is 2.03. The van der Waals surface area contributed by atoms with E-state index in [1.807, 2.05) is 0 Å². The molecule has 1 atom stereocenters. The van der Waals surface area contributed by atoms with Crippen LogP contribution >= 0.6 is 11.8 Å². The monoisotopic (exact) mass is 204 g/mol. The van der Waals surface area contributed by atoms with Crippen LogP contribution < -0.4 is 0 Å². The third-order valence-electron chi connectivity index (χ3n) is 1.57. The molecule has 0 unspecified atom stereocenters. The summed E-state index contributed by atoms with van der Waals surface area (Å²) >= 11 is 0.486. The Labute approximate surface area is 79.8 Å². The molecule has 1 aromatic carbocycles. The van der Waals surface area contributed by atoms with E-state index in [1.54, 1.807) is 31.2 Å². The van der Waals surface area contributed by atoms with E-state index in [2.05, 4.69) is 0 Å². The summed E-state index contributed by atoms with van der Waals surface area (Å²) in [5.41, 5.74) is 0.658. The third kappa shape index (κ3) is 3.32. The van der Waals surface area contributed by atoms with Gasteiger partial charge in [0, 0.05) is 4.90 Å². The van der Waals surface area contributed by atoms with Gasteiger partial charge in [0.2, 0.25) is 0 Å². The summed E-state index contributed by atoms with van der Waals surface area (Å²) in [4.78, 5) is 0.480. The number of benzene rings is 1. The Kier molecular flexibility index (Phi) is 3.69. The fraction of sp³-hybridized carbons (Fsp3) is 0.333. The van der Waals surface area contributed by atoms with Crippen LogP contribution in [0.1, 0.15) is 18.6 Å². The Hall–Kier alpha value is -0.610. The predicted molar refractivity (Wildman–Crippen MR) is 48.9 cm³/mol. The maximum atomic E-state index is 12.0. The topological polar surface area (TPSA) is 20.2 Å². The van der Waals surface area contributed by atoms with Crippen LogP contribution in [0.25, 0.3) is 0 Å². The van der Waals surface area contributed by atoms with Crippen molar-refractivity contribution in [3.05, 3.63) is 29.8 Å². The SMILES string of the molecule is C[C@H](O)c1cccc(SC(F)F)c1. The summed E-state index contributed by atoms with van der Waals surface area (Å²) in [6.07, 6.45) is -0.613. The lowest BCUT2D eigenvalue weighted by Gasteiger charge is -2.06. The molecule has 0 bridgehead atoms. The first kappa shape index (κ1) is 10.5. The largest absolute Gasteiger partial charge is 0.389 e. The highest BCUT2D eigenvalue weighted by atomic mass is 32.2. The predicted octanol–water partition coefficient (Wildman–Crippen LogP) is 3.05. The number of hydrogen-bond donors (Lipinski definition) is 1. The van der Waals surface area contributed by atoms with Gasteiger partial charge in [0.25, 0.3) is 5.76 Å². The third-order valence-corrected chi connectivity index (χ3v) is 2.27. The van der Waals surface area contributed by atoms with Crippen molar-refractivity contribution in [2.45, 2.75) is 23.7 Å². The Bertz CT molecular complexity index is 276. The maximum absolute atomic E-state index is 12.0. The van der Waals surface area contributed by atoms with E-state index in [4.69, 9.17) is 0 Å². The van der Waals surface area contributed by atoms with E-state index in [0.717, 1.165) is 0 Å². The molecule has 0 fully saturated rings. The first-order valence-electron chi connectivity index (χ1n) is 3.82. The first-order chi connectivity index (χ1) is 6.09. The Balaban J connectivity index is 2.79. The molecule has 1 rings (SSSR count). The molecule has 0 aliphatic rings. The van der Waals surface area contributed by atoms with Gasteiger partial charge in [-0.2, -0.15) is 8.78 Å². The van der Waals surface area contributed by atoms with Gasteiger partial charge in [-0.1, -0.05) is 23.9 Å². The molecule has 1 N–H and O–H groups in total. The Morgan fingerprint density at radius 1 is 1.38 bits per heavy atom. The van der Waals surface area contributed by atoms with Crippen LogP contribution in [0.2, 0.25) is 0 Å². The van der Waals surface area contributed by atoms with Crippen molar-refractivity contribution in [2.24, 2.45) is 0 Å². The van der Waals surface area contributed by atoms with E-state index < -0.39 is 11.9 Å². The van der Waals surface area contributed by atoms with Crippen LogP contribution in [-0.2, 0) is 0 Å². The molecule has 0 saturated carbocycles. The normalized spacial score (nSPS) is 13.3. The van der Waals surface area contributed by atoms with Crippen molar-refractivity contribution in [2.75, 3.05) is 0 Å². The van der Waals surface area contributed by atoms with Crippen LogP contribution in [0.15, 0.2) is 29.2 Å². The summed E-state index contributed by atoms with van der Waals surface area (Å²) < 4.78 is 23.9. The van der Waals surface area contributed by atoms with Crippen LogP contribution in [0, 0.1) is 0 Å². The second-order valence-electron chi connectivity index (χ2n) is 2.63. The average molecular weight is 204 g/mol. The zero-order valence-corrected chi connectivity index (χ0v) is 7.89. The van der Waals surface area contributed by atoms with Crippen molar-refractivity contribution in [1.29, 1.82) is 0 Å². The van der Waals surface area contributed by atoms with Crippen LogP contribution in [-0.4, -0.2) is 10.9 Å². The lowest BCUT2D eigenvalue weighted by molar-refractivity contribution is 0.199. The molecular formula is C9H10F2OS. The maximum Gasteiger partial charge on any atom is 0.288 e. The van der Waals surface area contributed by atoms with Crippen molar-refractivity contribution in [3.63, 3.8) is 0 Å². The summed E-state index contributed by atoms with van der Waals surface area (Å²) in [5, 5.41) is 9.19. The molecule has 0 heterocycles. The minimum absolute atomic E-state index is 0.480. The minimum Gasteiger partial charge on any atom is -0.389 e. The molecule has 0 aliphatic heterocycles. The number of thioether (sulfide) groups is 1. The van der Waals surface area contributed by atoms with Crippen molar-refractivity contribution in [1.82, 2.24) is 0 Å². The smallest absolute Gasteiger partial charge is 0.288 e. The summed E-state index contributed by atoms with van der Waals surface area (Å²) in [6, 6.07) is 6.54. The van der Waals surface area contributed by atoms with E-state index in [1.165, 1.54) is 0 Å². The number of halogens is 2. The van der Waals surface area contributed by atoms with Crippen LogP contribution in [0.3, 0.4) is 0 Å². The summed E-state index contributed by atoms with van der Waals surface area (Å²) in [6.45, 7) is 1.60. The molecule has 0 spiro atoms. The zero-order chi connectivity index (χ0) is 9.84. The van der Waals surface area contributed by atoms with E-state index in [9.17, 15) is 13.9 Å². The van der Waals surface area contributed by atoms with E-state index >= 15 is 0 Å². The van der Waals surface area contributed by atoms with Gasteiger partial charge in [0.15, 0.2) is 0 Å². The van der Waals surface area contributed by atoms with Crippen molar-refractivity contribution in [3.8, 4) is 0 Å². The number of hydrogen-bond acceptors (Lipinski definition) is 2. The lowest BCUT2D eigenvalue weighted by Crippen LogP contribution is -1.91. The van der Waals surface area contributed by atoms with Crippen LogP contribution in [0.5, 0.6) is 0 Å². The molecule has 0 radical (unpaired) electrons. The first-order valence-corrected chi connectivity index (χ1v) is 4.70. The molecule has 0 aliphatic carbocycles. The fourth-order valence-corrected chi connectivity index (χ4v) is 1.52. The number of aliphatic hydroxyl groups is 1. The minimum atomic E-state index is -2.41. The van der Waals surface area contributed by atoms with Gasteiger partial charge >= 0.3 is 0 Å². The van der Waals surface area contributed by atoms with Crippen molar-refractivity contribution < 1.29 is 13.9 Å². The van der Waals surface area contributed by atoms with Gasteiger partial charge in [-0.3, -0.25) is 0 Å². The van der Waals surface area contributed by atoms with Gasteiger partial charge in [0.05, 0.1) is 6.10 Å². The molecule has 4 heteroatoms. The second-order valence-corrected chi connectivity index (χ2v) is 3.69. The number of alkyl halides is 2. The lowest BCUT2D eigenvalue weighted by atomic mass is 10.1. The fourth-order valence-electron chi connectivity index (χ4n) is 0.951. The molecule has 0 saturated heterocycles. The Morgan fingerprint density at radius 2 is 2.08 bits per heavy atom. The van der Waals surface area contributed by atoms with Gasteiger partial charge in [-0.05, 0) is 24.6 Å². The van der Waals surface area contributed by atoms with Gasteiger partial charge in [-0.15, -0.1) is 0 Å². The quantitative estimate of drug-likeness (QED) is 0.763. The van der Waals surface area contributed by atoms with Gasteiger partial charge < -0.3 is 5.11 Å². The number of rotatable bonds is 3. The van der Waals surface area contributed by atoms with E-state index in [0.29, 0.717) is 22.2 Å². The zero-order valence-electron chi connectivity index (χ0n) is 7.08. The molecule has 1 nitrogen and oxygen atoms in total. The molecule has 1 aromatic rings. The highest BCUT2D eigenvalue weighted by Gasteiger charge is 2.07. The highest BCUT2D eigenvalue weighted by Crippen LogP contribution is 2.27. The molecule has 13 heavy (non-hydrogen) atoms. The molecule has 0 aromatic heterocycles. The molecular weight excluding hydrogens is 194 g/mol. The molecule has 72 valence electrons. The number of aliphatic hydroxyl groups excluding tert-OH is 1. The molecule has 0 amide bonds. The summed E-state index contributed by atoms with van der Waals surface area (Å²) in [7, 11) is 0. The van der Waals surface area contributed by atoms with Gasteiger partial charge in [0.1, 0.15) is 0 Å². The summed E-state index contributed by atoms with van der Waals surface area (Å²) in [5.74, 6) is -2.41. The van der Waals surface area contributed by atoms with Gasteiger partial charge in [-0.25, -0.2) is 0 Å². The van der Waals surface area contributed by atoms with Crippen molar-refractivity contribution >= 4 is 11.8 Å².